The Balaban J connectivity index is 2.01. The molecule has 27 heavy (non-hydrogen) atoms. The van der Waals surface area contributed by atoms with Crippen molar-refractivity contribution in [2.45, 2.75) is 31.1 Å². The van der Waals surface area contributed by atoms with Crippen molar-refractivity contribution in [3.63, 3.8) is 0 Å². The van der Waals surface area contributed by atoms with Crippen LogP contribution in [0.1, 0.15) is 26.3 Å². The van der Waals surface area contributed by atoms with Gasteiger partial charge in [0.25, 0.3) is 10.0 Å². The Kier molecular flexibility index (Phi) is 5.25. The van der Waals surface area contributed by atoms with Gasteiger partial charge in [-0.1, -0.05) is 56.1 Å². The van der Waals surface area contributed by atoms with Crippen LogP contribution >= 0.6 is 23.2 Å². The summed E-state index contributed by atoms with van der Waals surface area (Å²) < 4.78 is 29.8. The molecule has 1 aromatic heterocycles. The molecule has 3 rings (SSSR count). The number of hydrogen-bond acceptors (Lipinski definition) is 3. The third kappa shape index (κ3) is 4.13. The van der Waals surface area contributed by atoms with E-state index in [1.165, 1.54) is 10.7 Å². The fourth-order valence-electron chi connectivity index (χ4n) is 2.59. The van der Waals surface area contributed by atoms with E-state index in [-0.39, 0.29) is 21.0 Å². The van der Waals surface area contributed by atoms with E-state index in [1.807, 2.05) is 12.1 Å². The third-order valence-corrected chi connectivity index (χ3v) is 6.25. The van der Waals surface area contributed by atoms with E-state index < -0.39 is 10.0 Å². The van der Waals surface area contributed by atoms with E-state index in [0.717, 1.165) is 5.56 Å². The van der Waals surface area contributed by atoms with Gasteiger partial charge in [0.15, 0.2) is 0 Å². The molecular weight excluding hydrogens is 405 g/mol. The second-order valence-corrected chi connectivity index (χ2v) is 9.56. The Hall–Kier alpha value is -2.02. The van der Waals surface area contributed by atoms with E-state index in [2.05, 4.69) is 30.6 Å². The summed E-state index contributed by atoms with van der Waals surface area (Å²) >= 11 is 12.4. The zero-order valence-electron chi connectivity index (χ0n) is 15.1. The van der Waals surface area contributed by atoms with Crippen molar-refractivity contribution in [1.29, 1.82) is 0 Å². The lowest BCUT2D eigenvalue weighted by Gasteiger charge is -2.19. The van der Waals surface area contributed by atoms with Crippen molar-refractivity contribution in [2.75, 3.05) is 4.72 Å². The molecule has 0 unspecified atom stereocenters. The molecule has 0 saturated carbocycles. The molecule has 8 heteroatoms. The number of nitrogens with zero attached hydrogens (tertiary/aromatic N) is 2. The maximum absolute atomic E-state index is 12.9. The number of rotatable bonds is 4. The van der Waals surface area contributed by atoms with Crippen LogP contribution in [-0.4, -0.2) is 18.2 Å². The van der Waals surface area contributed by atoms with Crippen LogP contribution in [0.25, 0.3) is 5.69 Å². The highest BCUT2D eigenvalue weighted by Crippen LogP contribution is 2.35. The number of anilines is 1. The minimum absolute atomic E-state index is 0.0628. The van der Waals surface area contributed by atoms with Gasteiger partial charge in [-0.05, 0) is 41.3 Å². The molecular formula is C19H19Cl2N3O2S. The molecule has 3 aromatic rings. The zero-order valence-corrected chi connectivity index (χ0v) is 17.4. The highest BCUT2D eigenvalue weighted by atomic mass is 35.5. The van der Waals surface area contributed by atoms with E-state index >= 15 is 0 Å². The molecule has 1 heterocycles. The predicted molar refractivity (Wildman–Crippen MR) is 110 cm³/mol. The molecule has 0 aliphatic heterocycles. The summed E-state index contributed by atoms with van der Waals surface area (Å²) in [7, 11) is -3.81. The molecule has 0 saturated heterocycles. The topological polar surface area (TPSA) is 64.0 Å². The van der Waals surface area contributed by atoms with Crippen molar-refractivity contribution in [1.82, 2.24) is 9.78 Å². The standard InChI is InChI=1S/C19H19Cl2N3O2S/c1-19(2,3)13-5-7-14(8-6-13)27(25,26)23-16-10-9-15(20)17(21)18(16)24-12-4-11-22-24/h4-12,23H,1-3H3. The van der Waals surface area contributed by atoms with Gasteiger partial charge in [-0.2, -0.15) is 5.10 Å². The predicted octanol–water partition coefficient (Wildman–Crippen LogP) is 5.28. The molecule has 0 radical (unpaired) electrons. The molecule has 0 aliphatic rings. The molecule has 5 nitrogen and oxygen atoms in total. The number of sulfonamides is 1. The van der Waals surface area contributed by atoms with Gasteiger partial charge in [0.05, 0.1) is 20.6 Å². The van der Waals surface area contributed by atoms with Crippen LogP contribution < -0.4 is 4.72 Å². The van der Waals surface area contributed by atoms with Crippen molar-refractivity contribution in [2.24, 2.45) is 0 Å². The minimum atomic E-state index is -3.81. The summed E-state index contributed by atoms with van der Waals surface area (Å²) in [6, 6.07) is 11.6. The minimum Gasteiger partial charge on any atom is -0.277 e. The van der Waals surface area contributed by atoms with E-state index in [9.17, 15) is 8.42 Å². The van der Waals surface area contributed by atoms with Gasteiger partial charge in [-0.15, -0.1) is 0 Å². The first-order valence-electron chi connectivity index (χ1n) is 8.21. The highest BCUT2D eigenvalue weighted by Gasteiger charge is 2.21. The molecule has 0 spiro atoms. The fourth-order valence-corrected chi connectivity index (χ4v) is 4.06. The van der Waals surface area contributed by atoms with Crippen LogP contribution in [0.3, 0.4) is 0 Å². The number of benzene rings is 2. The normalized spacial score (nSPS) is 12.2. The van der Waals surface area contributed by atoms with E-state index in [4.69, 9.17) is 23.2 Å². The van der Waals surface area contributed by atoms with Crippen LogP contribution in [0, 0.1) is 0 Å². The van der Waals surface area contributed by atoms with Crippen LogP contribution in [-0.2, 0) is 15.4 Å². The molecule has 1 N–H and O–H groups in total. The summed E-state index contributed by atoms with van der Waals surface area (Å²) in [5.74, 6) is 0. The SMILES string of the molecule is CC(C)(C)c1ccc(S(=O)(=O)Nc2ccc(Cl)c(Cl)c2-n2cccn2)cc1. The van der Waals surface area contributed by atoms with Crippen molar-refractivity contribution in [3.05, 3.63) is 70.5 Å². The molecule has 0 aliphatic carbocycles. The lowest BCUT2D eigenvalue weighted by molar-refractivity contribution is 0.587. The molecule has 0 atom stereocenters. The zero-order chi connectivity index (χ0) is 19.8. The van der Waals surface area contributed by atoms with Crippen LogP contribution in [0.5, 0.6) is 0 Å². The van der Waals surface area contributed by atoms with Gasteiger partial charge in [-0.3, -0.25) is 4.72 Å². The summed E-state index contributed by atoms with van der Waals surface area (Å²) in [4.78, 5) is 0.160. The Morgan fingerprint density at radius 3 is 2.26 bits per heavy atom. The Morgan fingerprint density at radius 1 is 1.04 bits per heavy atom. The summed E-state index contributed by atoms with van der Waals surface area (Å²) in [6.07, 6.45) is 3.23. The average molecular weight is 424 g/mol. The first-order valence-corrected chi connectivity index (χ1v) is 10.4. The monoisotopic (exact) mass is 423 g/mol. The number of aromatic nitrogens is 2. The van der Waals surface area contributed by atoms with Gasteiger partial charge < -0.3 is 0 Å². The fraction of sp³-hybridized carbons (Fsp3) is 0.211. The Bertz CT molecular complexity index is 1060. The average Bonchev–Trinajstić information content (AvgIpc) is 3.11. The number of halogens is 2. The van der Waals surface area contributed by atoms with Crippen molar-refractivity contribution in [3.8, 4) is 5.69 Å². The van der Waals surface area contributed by atoms with Gasteiger partial charge in [0, 0.05) is 12.4 Å². The van der Waals surface area contributed by atoms with E-state index in [1.54, 1.807) is 36.7 Å². The smallest absolute Gasteiger partial charge is 0.261 e. The van der Waals surface area contributed by atoms with Crippen LogP contribution in [0.4, 0.5) is 5.69 Å². The van der Waals surface area contributed by atoms with Gasteiger partial charge >= 0.3 is 0 Å². The summed E-state index contributed by atoms with van der Waals surface area (Å²) in [6.45, 7) is 6.21. The first-order chi connectivity index (χ1) is 12.6. The second kappa shape index (κ2) is 7.19. The van der Waals surface area contributed by atoms with Gasteiger partial charge in [0.2, 0.25) is 0 Å². The molecule has 0 bridgehead atoms. The third-order valence-electron chi connectivity index (χ3n) is 4.08. The highest BCUT2D eigenvalue weighted by molar-refractivity contribution is 7.92. The van der Waals surface area contributed by atoms with Crippen LogP contribution in [0.2, 0.25) is 10.0 Å². The number of hydrogen-bond donors (Lipinski definition) is 1. The number of nitrogens with one attached hydrogen (secondary N) is 1. The quantitative estimate of drug-likeness (QED) is 0.620. The summed E-state index contributed by atoms with van der Waals surface area (Å²) in [5, 5.41) is 4.65. The lowest BCUT2D eigenvalue weighted by atomic mass is 9.87. The van der Waals surface area contributed by atoms with Crippen molar-refractivity contribution < 1.29 is 8.42 Å². The van der Waals surface area contributed by atoms with Gasteiger partial charge in [0.1, 0.15) is 5.69 Å². The van der Waals surface area contributed by atoms with Crippen molar-refractivity contribution >= 4 is 38.9 Å². The first kappa shape index (κ1) is 19.7. The Labute approximate surface area is 169 Å². The molecule has 142 valence electrons. The van der Waals surface area contributed by atoms with Crippen LogP contribution in [0.15, 0.2) is 59.8 Å². The maximum Gasteiger partial charge on any atom is 0.261 e. The largest absolute Gasteiger partial charge is 0.277 e. The molecule has 2 aromatic carbocycles. The lowest BCUT2D eigenvalue weighted by Crippen LogP contribution is -2.16. The van der Waals surface area contributed by atoms with Gasteiger partial charge in [-0.25, -0.2) is 13.1 Å². The molecule has 0 amide bonds. The molecule has 0 fully saturated rings. The second-order valence-electron chi connectivity index (χ2n) is 7.09. The Morgan fingerprint density at radius 2 is 1.70 bits per heavy atom. The summed E-state index contributed by atoms with van der Waals surface area (Å²) in [5.41, 5.74) is 1.64. The maximum atomic E-state index is 12.9. The van der Waals surface area contributed by atoms with E-state index in [0.29, 0.717) is 10.7 Å².